The number of aryl methyl sites for hydroxylation is 1. The lowest BCUT2D eigenvalue weighted by molar-refractivity contribution is 0.0942. The number of rotatable bonds is 12. The number of hydrogen-bond donors (Lipinski definition) is 4. The van der Waals surface area contributed by atoms with Gasteiger partial charge in [0.1, 0.15) is 5.69 Å². The first-order valence-electron chi connectivity index (χ1n) is 15.6. The van der Waals surface area contributed by atoms with E-state index in [1.165, 1.54) is 0 Å². The highest BCUT2D eigenvalue weighted by atomic mass is 35.5. The van der Waals surface area contributed by atoms with E-state index >= 15 is 0 Å². The van der Waals surface area contributed by atoms with Crippen molar-refractivity contribution < 1.29 is 4.79 Å². The fraction of sp³-hybridized carbons (Fsp3) is 0.471. The molecular formula is C34H46ClN7O. The van der Waals surface area contributed by atoms with E-state index < -0.39 is 0 Å². The minimum absolute atomic E-state index is 0.00335. The van der Waals surface area contributed by atoms with Gasteiger partial charge < -0.3 is 35.7 Å². The third-order valence-corrected chi connectivity index (χ3v) is 8.88. The van der Waals surface area contributed by atoms with Crippen LogP contribution in [0.5, 0.6) is 0 Å². The van der Waals surface area contributed by atoms with Crippen molar-refractivity contribution in [3.63, 3.8) is 0 Å². The summed E-state index contributed by atoms with van der Waals surface area (Å²) in [7, 11) is 4.13. The van der Waals surface area contributed by atoms with Crippen molar-refractivity contribution in [1.82, 2.24) is 25.0 Å². The number of piperazine rings is 1. The van der Waals surface area contributed by atoms with Crippen LogP contribution in [0.25, 0.3) is 16.7 Å². The van der Waals surface area contributed by atoms with Crippen LogP contribution in [0.3, 0.4) is 0 Å². The fourth-order valence-corrected chi connectivity index (χ4v) is 6.17. The maximum atomic E-state index is 13.7. The highest BCUT2D eigenvalue weighted by molar-refractivity contribution is 6.22. The summed E-state index contributed by atoms with van der Waals surface area (Å²) in [5.74, 6) is -0.0473. The summed E-state index contributed by atoms with van der Waals surface area (Å²) >= 11 is 6.35. The van der Waals surface area contributed by atoms with Gasteiger partial charge in [-0.3, -0.25) is 4.79 Å². The third kappa shape index (κ3) is 8.48. The van der Waals surface area contributed by atoms with Crippen LogP contribution in [0.4, 0.5) is 5.69 Å². The zero-order valence-electron chi connectivity index (χ0n) is 25.5. The molecule has 1 amide bonds. The number of halogens is 1. The molecule has 0 radical (unpaired) electrons. The maximum absolute atomic E-state index is 13.7. The van der Waals surface area contributed by atoms with E-state index in [1.54, 1.807) is 0 Å². The van der Waals surface area contributed by atoms with Crippen LogP contribution in [-0.4, -0.2) is 96.8 Å². The van der Waals surface area contributed by atoms with E-state index in [4.69, 9.17) is 17.0 Å². The van der Waals surface area contributed by atoms with Crippen molar-refractivity contribution in [3.05, 3.63) is 72.1 Å². The Balaban J connectivity index is 1.29. The number of alkyl halides is 1. The Morgan fingerprint density at radius 1 is 1.07 bits per heavy atom. The van der Waals surface area contributed by atoms with Crippen LogP contribution in [0.15, 0.2) is 60.8 Å². The Morgan fingerprint density at radius 2 is 1.91 bits per heavy atom. The van der Waals surface area contributed by atoms with Crippen molar-refractivity contribution in [2.24, 2.45) is 7.05 Å². The minimum atomic E-state index is -0.0473. The predicted molar refractivity (Wildman–Crippen MR) is 179 cm³/mol. The lowest BCUT2D eigenvalue weighted by atomic mass is 9.93. The van der Waals surface area contributed by atoms with Gasteiger partial charge in [0.05, 0.1) is 5.38 Å². The number of anilines is 1. The molecule has 230 valence electrons. The number of amides is 1. The van der Waals surface area contributed by atoms with E-state index in [-0.39, 0.29) is 11.3 Å². The van der Waals surface area contributed by atoms with Crippen molar-refractivity contribution in [3.8, 4) is 11.1 Å². The molecule has 9 heteroatoms. The number of carbonyl (C=O) groups excluding carboxylic acids is 1. The second-order valence-electron chi connectivity index (χ2n) is 11.9. The van der Waals surface area contributed by atoms with Gasteiger partial charge in [0, 0.05) is 87.6 Å². The van der Waals surface area contributed by atoms with Gasteiger partial charge >= 0.3 is 0 Å². The molecule has 2 heterocycles. The molecular weight excluding hydrogens is 558 g/mol. The van der Waals surface area contributed by atoms with E-state index in [0.29, 0.717) is 24.0 Å². The van der Waals surface area contributed by atoms with Gasteiger partial charge in [-0.05, 0) is 68.6 Å². The van der Waals surface area contributed by atoms with Gasteiger partial charge in [-0.1, -0.05) is 36.4 Å². The lowest BCUT2D eigenvalue weighted by Gasteiger charge is -2.32. The molecule has 1 fully saturated rings. The van der Waals surface area contributed by atoms with Crippen molar-refractivity contribution in [2.45, 2.75) is 37.1 Å². The molecule has 3 aliphatic rings. The second-order valence-corrected chi connectivity index (χ2v) is 12.5. The van der Waals surface area contributed by atoms with Crippen molar-refractivity contribution >= 4 is 34.5 Å². The van der Waals surface area contributed by atoms with Crippen LogP contribution >= 0.6 is 11.6 Å². The second kappa shape index (κ2) is 15.0. The summed E-state index contributed by atoms with van der Waals surface area (Å²) in [6.07, 6.45) is 15.8. The summed E-state index contributed by atoms with van der Waals surface area (Å²) in [4.78, 5) is 18.6. The van der Waals surface area contributed by atoms with Crippen LogP contribution in [0.2, 0.25) is 0 Å². The van der Waals surface area contributed by atoms with E-state index in [0.717, 1.165) is 99.4 Å². The molecule has 0 spiro atoms. The molecule has 1 saturated heterocycles. The molecule has 5 rings (SSSR count). The normalized spacial score (nSPS) is 21.2. The SMILES string of the molecule is CN1CCN(CCCNC(=O)c2c(-c3cccc(NCCNC4C=CC(=N)CC4)c3)c(C3=CCC(Cl)C=C3)cn2C)CC1. The van der Waals surface area contributed by atoms with Gasteiger partial charge in [-0.25, -0.2) is 0 Å². The maximum Gasteiger partial charge on any atom is 0.268 e. The number of benzene rings is 1. The number of allylic oxidation sites excluding steroid dienone is 5. The number of likely N-dealkylation sites (N-methyl/N-ethyl adjacent to an activating group) is 1. The number of carbonyl (C=O) groups is 1. The molecule has 4 N–H and O–H groups in total. The molecule has 2 atom stereocenters. The quantitative estimate of drug-likeness (QED) is 0.208. The Hall–Kier alpha value is -3.17. The zero-order chi connectivity index (χ0) is 30.2. The van der Waals surface area contributed by atoms with Crippen LogP contribution in [-0.2, 0) is 7.05 Å². The summed E-state index contributed by atoms with van der Waals surface area (Å²) in [5, 5.41) is 18.1. The smallest absolute Gasteiger partial charge is 0.268 e. The molecule has 1 aliphatic heterocycles. The molecule has 1 aromatic carbocycles. The summed E-state index contributed by atoms with van der Waals surface area (Å²) in [5.41, 5.74) is 6.47. The van der Waals surface area contributed by atoms with Gasteiger partial charge in [-0.15, -0.1) is 11.6 Å². The molecule has 2 unspecified atom stereocenters. The van der Waals surface area contributed by atoms with Gasteiger partial charge in [0.25, 0.3) is 5.91 Å². The molecule has 43 heavy (non-hydrogen) atoms. The van der Waals surface area contributed by atoms with E-state index in [1.807, 2.05) is 23.8 Å². The third-order valence-electron chi connectivity index (χ3n) is 8.55. The number of hydrogen-bond acceptors (Lipinski definition) is 6. The van der Waals surface area contributed by atoms with Crippen LogP contribution < -0.4 is 16.0 Å². The Labute approximate surface area is 261 Å². The monoisotopic (exact) mass is 603 g/mol. The largest absolute Gasteiger partial charge is 0.384 e. The first kappa shape index (κ1) is 31.3. The van der Waals surface area contributed by atoms with Crippen molar-refractivity contribution in [1.29, 1.82) is 5.41 Å². The molecule has 2 aliphatic carbocycles. The van der Waals surface area contributed by atoms with Gasteiger partial charge in [0.2, 0.25) is 0 Å². The zero-order valence-corrected chi connectivity index (χ0v) is 26.3. The average molecular weight is 604 g/mol. The fourth-order valence-electron chi connectivity index (χ4n) is 6.01. The predicted octanol–water partition coefficient (Wildman–Crippen LogP) is 4.75. The first-order chi connectivity index (χ1) is 20.9. The number of nitrogens with zero attached hydrogens (tertiary/aromatic N) is 3. The standard InChI is InChI=1S/C34H46ClN7O/c1-40-19-21-42(22-20-40)18-4-15-39-34(43)33-32(31(24-41(33)2)25-7-9-27(35)10-8-25)26-5-3-6-30(23-26)38-17-16-37-29-13-11-28(36)12-14-29/h3,5-9,11,13,23-24,27,29,36-38H,4,10,12,14-22H2,1-2H3,(H,39,43). The highest BCUT2D eigenvalue weighted by Gasteiger charge is 2.24. The molecule has 8 nitrogen and oxygen atoms in total. The van der Waals surface area contributed by atoms with Crippen molar-refractivity contribution in [2.75, 3.05) is 64.7 Å². The Bertz CT molecular complexity index is 1370. The Morgan fingerprint density at radius 3 is 2.65 bits per heavy atom. The van der Waals surface area contributed by atoms with Crippen LogP contribution in [0.1, 0.15) is 41.7 Å². The minimum Gasteiger partial charge on any atom is -0.384 e. The summed E-state index contributed by atoms with van der Waals surface area (Å²) in [6, 6.07) is 8.67. The van der Waals surface area contributed by atoms with E-state index in [2.05, 4.69) is 81.5 Å². The molecule has 0 bridgehead atoms. The summed E-state index contributed by atoms with van der Waals surface area (Å²) < 4.78 is 1.96. The van der Waals surface area contributed by atoms with Gasteiger partial charge in [0.15, 0.2) is 0 Å². The Kier molecular flexibility index (Phi) is 10.9. The number of nitrogens with one attached hydrogen (secondary N) is 4. The van der Waals surface area contributed by atoms with E-state index in [9.17, 15) is 4.79 Å². The summed E-state index contributed by atoms with van der Waals surface area (Å²) in [6.45, 7) is 7.63. The highest BCUT2D eigenvalue weighted by Crippen LogP contribution is 2.37. The van der Waals surface area contributed by atoms with Gasteiger partial charge in [-0.2, -0.15) is 0 Å². The topological polar surface area (TPSA) is 88.4 Å². The number of aromatic nitrogens is 1. The van der Waals surface area contributed by atoms with Crippen LogP contribution in [0, 0.1) is 5.41 Å². The molecule has 0 saturated carbocycles. The molecule has 2 aromatic rings. The molecule has 1 aromatic heterocycles. The lowest BCUT2D eigenvalue weighted by Crippen LogP contribution is -2.45. The first-order valence-corrected chi connectivity index (χ1v) is 16.1. The average Bonchev–Trinajstić information content (AvgIpc) is 3.36.